The summed E-state index contributed by atoms with van der Waals surface area (Å²) in [5, 5.41) is 10.5. The minimum absolute atomic E-state index is 0.178. The summed E-state index contributed by atoms with van der Waals surface area (Å²) in [6.45, 7) is 0. The van der Waals surface area contributed by atoms with Crippen LogP contribution in [0.15, 0.2) is 53.7 Å². The predicted molar refractivity (Wildman–Crippen MR) is 99.2 cm³/mol. The van der Waals surface area contributed by atoms with Crippen LogP contribution in [0.4, 0.5) is 5.69 Å². The molecule has 0 bridgehead atoms. The number of fused-ring (bicyclic) bond motifs is 3. The topological polar surface area (TPSA) is 118 Å². The number of benzene rings is 2. The van der Waals surface area contributed by atoms with E-state index in [1.165, 1.54) is 11.8 Å². The molecule has 0 aliphatic rings. The van der Waals surface area contributed by atoms with Gasteiger partial charge in [-0.2, -0.15) is 0 Å². The maximum atomic E-state index is 12.2. The molecule has 2 heterocycles. The minimum Gasteiger partial charge on any atom is -0.366 e. The molecule has 0 radical (unpaired) electrons. The quantitative estimate of drug-likeness (QED) is 0.467. The normalized spacial score (nSPS) is 11.1. The SMILES string of the molecule is NC(=O)c1ccc(NC(=O)CSc2n[nH]c3nc4ccccc4n23)cc1. The number of carbonyl (C=O) groups is 2. The second-order valence-electron chi connectivity index (χ2n) is 5.54. The molecular weight excluding hydrogens is 352 g/mol. The highest BCUT2D eigenvalue weighted by Gasteiger charge is 2.13. The number of imidazole rings is 1. The standard InChI is InChI=1S/C17H14N6O2S/c18-15(25)10-5-7-11(8-6-10)19-14(24)9-26-17-22-21-16-20-12-3-1-2-4-13(12)23(16)17/h1-8H,9H2,(H2,18,25)(H,19,24)(H,20,21). The first-order valence-electron chi connectivity index (χ1n) is 7.76. The van der Waals surface area contributed by atoms with Gasteiger partial charge in [-0.15, -0.1) is 5.10 Å². The van der Waals surface area contributed by atoms with Crippen LogP contribution in [-0.2, 0) is 4.79 Å². The summed E-state index contributed by atoms with van der Waals surface area (Å²) in [6, 6.07) is 14.1. The van der Waals surface area contributed by atoms with Crippen LogP contribution < -0.4 is 11.1 Å². The average Bonchev–Trinajstić information content (AvgIpc) is 3.19. The Kier molecular flexibility index (Phi) is 4.05. The number of hydrogen-bond donors (Lipinski definition) is 3. The number of thioether (sulfide) groups is 1. The summed E-state index contributed by atoms with van der Waals surface area (Å²) in [5.74, 6) is 0.136. The zero-order chi connectivity index (χ0) is 18.1. The molecule has 2 aromatic heterocycles. The maximum Gasteiger partial charge on any atom is 0.248 e. The lowest BCUT2D eigenvalue weighted by Crippen LogP contribution is -2.15. The van der Waals surface area contributed by atoms with E-state index in [0.29, 0.717) is 22.2 Å². The molecule has 0 spiro atoms. The van der Waals surface area contributed by atoms with Gasteiger partial charge in [0.05, 0.1) is 16.8 Å². The summed E-state index contributed by atoms with van der Waals surface area (Å²) < 4.78 is 1.88. The van der Waals surface area contributed by atoms with Crippen molar-refractivity contribution in [1.29, 1.82) is 0 Å². The number of anilines is 1. The number of para-hydroxylation sites is 2. The highest BCUT2D eigenvalue weighted by molar-refractivity contribution is 7.99. The van der Waals surface area contributed by atoms with Gasteiger partial charge in [0.1, 0.15) is 0 Å². The lowest BCUT2D eigenvalue weighted by molar-refractivity contribution is -0.113. The van der Waals surface area contributed by atoms with Crippen LogP contribution >= 0.6 is 11.8 Å². The lowest BCUT2D eigenvalue weighted by atomic mass is 10.2. The summed E-state index contributed by atoms with van der Waals surface area (Å²) in [5.41, 5.74) is 7.98. The van der Waals surface area contributed by atoms with Crippen LogP contribution in [0.1, 0.15) is 10.4 Å². The molecule has 0 aliphatic heterocycles. The van der Waals surface area contributed by atoms with Gasteiger partial charge in [-0.05, 0) is 36.4 Å². The second kappa shape index (κ2) is 6.52. The molecule has 0 aliphatic carbocycles. The Balaban J connectivity index is 1.46. The summed E-state index contributed by atoms with van der Waals surface area (Å²) in [7, 11) is 0. The van der Waals surface area contributed by atoms with E-state index in [1.54, 1.807) is 24.3 Å². The smallest absolute Gasteiger partial charge is 0.248 e. The Bertz CT molecular complexity index is 1120. The van der Waals surface area contributed by atoms with E-state index in [1.807, 2.05) is 28.7 Å². The zero-order valence-electron chi connectivity index (χ0n) is 13.5. The van der Waals surface area contributed by atoms with Gasteiger partial charge in [-0.3, -0.25) is 14.0 Å². The van der Waals surface area contributed by atoms with Gasteiger partial charge in [0.15, 0.2) is 5.16 Å². The van der Waals surface area contributed by atoms with E-state index in [-0.39, 0.29) is 11.7 Å². The van der Waals surface area contributed by atoms with Crippen LogP contribution in [0.2, 0.25) is 0 Å². The van der Waals surface area contributed by atoms with E-state index in [9.17, 15) is 9.59 Å². The monoisotopic (exact) mass is 366 g/mol. The van der Waals surface area contributed by atoms with Gasteiger partial charge in [0.2, 0.25) is 17.6 Å². The number of primary amides is 1. The third-order valence-corrected chi connectivity index (χ3v) is 4.73. The van der Waals surface area contributed by atoms with E-state index in [2.05, 4.69) is 20.5 Å². The second-order valence-corrected chi connectivity index (χ2v) is 6.49. The first-order valence-corrected chi connectivity index (χ1v) is 8.74. The lowest BCUT2D eigenvalue weighted by Gasteiger charge is -2.05. The van der Waals surface area contributed by atoms with Gasteiger partial charge >= 0.3 is 0 Å². The number of rotatable bonds is 5. The Morgan fingerprint density at radius 2 is 1.92 bits per heavy atom. The van der Waals surface area contributed by atoms with Crippen molar-refractivity contribution in [2.75, 3.05) is 11.1 Å². The van der Waals surface area contributed by atoms with Gasteiger partial charge in [-0.1, -0.05) is 23.9 Å². The molecule has 2 amide bonds. The molecule has 9 heteroatoms. The molecule has 4 N–H and O–H groups in total. The van der Waals surface area contributed by atoms with Crippen LogP contribution in [0.3, 0.4) is 0 Å². The van der Waals surface area contributed by atoms with E-state index < -0.39 is 5.91 Å². The van der Waals surface area contributed by atoms with E-state index >= 15 is 0 Å². The van der Waals surface area contributed by atoms with Crippen LogP contribution in [-0.4, -0.2) is 37.1 Å². The van der Waals surface area contributed by atoms with Gasteiger partial charge in [0, 0.05) is 11.3 Å². The first kappa shape index (κ1) is 16.2. The molecule has 0 atom stereocenters. The number of aromatic amines is 1. The Labute approximate surface area is 151 Å². The Hall–Kier alpha value is -3.33. The molecule has 0 fully saturated rings. The predicted octanol–water partition coefficient (Wildman–Crippen LogP) is 2.04. The van der Waals surface area contributed by atoms with Crippen molar-refractivity contribution >= 4 is 46.1 Å². The number of carbonyl (C=O) groups excluding carboxylic acids is 2. The number of nitrogens with zero attached hydrogens (tertiary/aromatic N) is 3. The highest BCUT2D eigenvalue weighted by Crippen LogP contribution is 2.23. The van der Waals surface area contributed by atoms with Crippen LogP contribution in [0, 0.1) is 0 Å². The molecule has 4 rings (SSSR count). The molecule has 26 heavy (non-hydrogen) atoms. The highest BCUT2D eigenvalue weighted by atomic mass is 32.2. The van der Waals surface area contributed by atoms with Crippen molar-refractivity contribution in [3.63, 3.8) is 0 Å². The third-order valence-electron chi connectivity index (χ3n) is 3.79. The van der Waals surface area contributed by atoms with Gasteiger partial charge < -0.3 is 11.1 Å². The Morgan fingerprint density at radius 3 is 2.69 bits per heavy atom. The molecule has 130 valence electrons. The van der Waals surface area contributed by atoms with Gasteiger partial charge in [-0.25, -0.2) is 10.1 Å². The van der Waals surface area contributed by atoms with Crippen molar-refractivity contribution in [2.24, 2.45) is 5.73 Å². The molecule has 2 aromatic carbocycles. The first-order chi connectivity index (χ1) is 12.6. The minimum atomic E-state index is -0.506. The maximum absolute atomic E-state index is 12.2. The summed E-state index contributed by atoms with van der Waals surface area (Å²) >= 11 is 1.31. The van der Waals surface area contributed by atoms with Crippen molar-refractivity contribution in [1.82, 2.24) is 19.6 Å². The van der Waals surface area contributed by atoms with Crippen molar-refractivity contribution in [3.05, 3.63) is 54.1 Å². The largest absolute Gasteiger partial charge is 0.366 e. The van der Waals surface area contributed by atoms with Crippen LogP contribution in [0.5, 0.6) is 0 Å². The average molecular weight is 366 g/mol. The number of amides is 2. The number of hydrogen-bond acceptors (Lipinski definition) is 5. The van der Waals surface area contributed by atoms with Crippen molar-refractivity contribution in [3.8, 4) is 0 Å². The summed E-state index contributed by atoms with van der Waals surface area (Å²) in [6.07, 6.45) is 0. The summed E-state index contributed by atoms with van der Waals surface area (Å²) in [4.78, 5) is 27.7. The van der Waals surface area contributed by atoms with E-state index in [0.717, 1.165) is 11.0 Å². The van der Waals surface area contributed by atoms with Crippen molar-refractivity contribution in [2.45, 2.75) is 5.16 Å². The molecule has 0 unspecified atom stereocenters. The van der Waals surface area contributed by atoms with E-state index in [4.69, 9.17) is 5.73 Å². The zero-order valence-corrected chi connectivity index (χ0v) is 14.3. The van der Waals surface area contributed by atoms with Crippen LogP contribution in [0.25, 0.3) is 16.8 Å². The molecule has 8 nitrogen and oxygen atoms in total. The number of nitrogens with two attached hydrogens (primary N) is 1. The fraction of sp³-hybridized carbons (Fsp3) is 0.0588. The molecule has 0 saturated heterocycles. The number of aromatic nitrogens is 4. The fourth-order valence-electron chi connectivity index (χ4n) is 2.58. The molecule has 0 saturated carbocycles. The third kappa shape index (κ3) is 3.00. The Morgan fingerprint density at radius 1 is 1.15 bits per heavy atom. The number of nitrogens with one attached hydrogen (secondary N) is 2. The molecular formula is C17H14N6O2S. The number of H-pyrrole nitrogens is 1. The fourth-order valence-corrected chi connectivity index (χ4v) is 3.34. The molecule has 4 aromatic rings. The van der Waals surface area contributed by atoms with Gasteiger partial charge in [0.25, 0.3) is 0 Å². The van der Waals surface area contributed by atoms with Crippen molar-refractivity contribution < 1.29 is 9.59 Å².